The van der Waals surface area contributed by atoms with E-state index in [-0.39, 0.29) is 19.5 Å². The molecule has 0 bridgehead atoms. The maximum Gasteiger partial charge on any atom is 0.306 e. The van der Waals surface area contributed by atoms with Gasteiger partial charge in [-0.2, -0.15) is 17.4 Å². The van der Waals surface area contributed by atoms with Gasteiger partial charge in [-0.25, -0.2) is 0 Å². The van der Waals surface area contributed by atoms with Crippen molar-refractivity contribution in [2.75, 3.05) is 20.7 Å². The molecular weight excluding hydrogens is 282 g/mol. The van der Waals surface area contributed by atoms with Crippen molar-refractivity contribution < 1.29 is 17.9 Å². The Hall–Kier alpha value is -1.51. The van der Waals surface area contributed by atoms with Crippen LogP contribution in [0, 0.1) is 6.92 Å². The first kappa shape index (κ1) is 16.5. The SMILES string of the molecule is COC(=O)CCN(C)S(=O)(=O)NCc1ncccc1C. The van der Waals surface area contributed by atoms with E-state index in [9.17, 15) is 13.2 Å². The molecule has 0 fully saturated rings. The van der Waals surface area contributed by atoms with E-state index in [2.05, 4.69) is 14.4 Å². The Labute approximate surface area is 119 Å². The van der Waals surface area contributed by atoms with Gasteiger partial charge in [0.15, 0.2) is 0 Å². The summed E-state index contributed by atoms with van der Waals surface area (Å²) in [7, 11) is -0.981. The molecule has 1 N–H and O–H groups in total. The highest BCUT2D eigenvalue weighted by Crippen LogP contribution is 2.04. The molecule has 0 radical (unpaired) electrons. The molecule has 112 valence electrons. The van der Waals surface area contributed by atoms with Gasteiger partial charge in [0.05, 0.1) is 25.8 Å². The minimum Gasteiger partial charge on any atom is -0.469 e. The molecule has 0 spiro atoms. The first-order valence-electron chi connectivity index (χ1n) is 6.05. The topological polar surface area (TPSA) is 88.6 Å². The Morgan fingerprint density at radius 2 is 2.20 bits per heavy atom. The second-order valence-corrected chi connectivity index (χ2v) is 6.10. The summed E-state index contributed by atoms with van der Waals surface area (Å²) in [6.07, 6.45) is 1.62. The molecule has 0 atom stereocenters. The summed E-state index contributed by atoms with van der Waals surface area (Å²) in [5.41, 5.74) is 1.57. The minimum absolute atomic E-state index is 0.0104. The molecule has 1 aromatic rings. The Morgan fingerprint density at radius 3 is 2.80 bits per heavy atom. The monoisotopic (exact) mass is 301 g/mol. The number of hydrogen-bond donors (Lipinski definition) is 1. The fourth-order valence-corrected chi connectivity index (χ4v) is 2.32. The van der Waals surface area contributed by atoms with E-state index in [1.54, 1.807) is 12.3 Å². The fourth-order valence-electron chi connectivity index (χ4n) is 1.44. The van der Waals surface area contributed by atoms with Gasteiger partial charge in [-0.15, -0.1) is 0 Å². The largest absolute Gasteiger partial charge is 0.469 e. The van der Waals surface area contributed by atoms with Gasteiger partial charge in [0, 0.05) is 19.8 Å². The van der Waals surface area contributed by atoms with Crippen LogP contribution in [0.3, 0.4) is 0 Å². The fraction of sp³-hybridized carbons (Fsp3) is 0.500. The van der Waals surface area contributed by atoms with E-state index >= 15 is 0 Å². The summed E-state index contributed by atoms with van der Waals surface area (Å²) in [5, 5.41) is 0. The normalized spacial score (nSPS) is 11.6. The zero-order chi connectivity index (χ0) is 15.2. The molecule has 0 aliphatic rings. The number of esters is 1. The number of carbonyl (C=O) groups excluding carboxylic acids is 1. The summed E-state index contributed by atoms with van der Waals surface area (Å²) in [6.45, 7) is 2.03. The Kier molecular flexibility index (Phi) is 6.05. The van der Waals surface area contributed by atoms with Crippen molar-refractivity contribution in [3.63, 3.8) is 0 Å². The first-order chi connectivity index (χ1) is 9.36. The average molecular weight is 301 g/mol. The molecule has 0 amide bonds. The Bertz CT molecular complexity index is 560. The summed E-state index contributed by atoms with van der Waals surface area (Å²) in [5.74, 6) is -0.451. The van der Waals surface area contributed by atoms with Crippen LogP contribution in [0.5, 0.6) is 0 Å². The number of methoxy groups -OCH3 is 1. The minimum atomic E-state index is -3.64. The van der Waals surface area contributed by atoms with E-state index in [0.29, 0.717) is 5.69 Å². The van der Waals surface area contributed by atoms with Gasteiger partial charge in [-0.1, -0.05) is 6.07 Å². The van der Waals surface area contributed by atoms with Gasteiger partial charge in [0.2, 0.25) is 0 Å². The van der Waals surface area contributed by atoms with E-state index in [0.717, 1.165) is 9.87 Å². The predicted molar refractivity (Wildman–Crippen MR) is 74.0 cm³/mol. The standard InChI is InChI=1S/C12H19N3O4S/c1-10-5-4-7-13-11(10)9-14-20(17,18)15(2)8-6-12(16)19-3/h4-5,7,14H,6,8-9H2,1-3H3. The summed E-state index contributed by atoms with van der Waals surface area (Å²) < 4.78 is 31.9. The van der Waals surface area contributed by atoms with E-state index < -0.39 is 16.2 Å². The molecule has 0 saturated heterocycles. The summed E-state index contributed by atoms with van der Waals surface area (Å²) >= 11 is 0. The van der Waals surface area contributed by atoms with E-state index in [1.807, 2.05) is 13.0 Å². The van der Waals surface area contributed by atoms with Crippen molar-refractivity contribution in [1.82, 2.24) is 14.0 Å². The third-order valence-corrected chi connectivity index (χ3v) is 4.32. The lowest BCUT2D eigenvalue weighted by molar-refractivity contribution is -0.140. The lowest BCUT2D eigenvalue weighted by Crippen LogP contribution is -2.39. The Morgan fingerprint density at radius 1 is 1.50 bits per heavy atom. The van der Waals surface area contributed by atoms with Crippen LogP contribution in [0.1, 0.15) is 17.7 Å². The van der Waals surface area contributed by atoms with Gasteiger partial charge >= 0.3 is 5.97 Å². The van der Waals surface area contributed by atoms with Crippen LogP contribution in [0.4, 0.5) is 0 Å². The highest BCUT2D eigenvalue weighted by molar-refractivity contribution is 7.87. The van der Waals surface area contributed by atoms with Crippen LogP contribution in [0.2, 0.25) is 0 Å². The predicted octanol–water partition coefficient (Wildman–Crippen LogP) is 0.219. The second-order valence-electron chi connectivity index (χ2n) is 4.24. The quantitative estimate of drug-likeness (QED) is 0.728. The molecule has 1 heterocycles. The van der Waals surface area contributed by atoms with Crippen molar-refractivity contribution >= 4 is 16.2 Å². The van der Waals surface area contributed by atoms with Crippen molar-refractivity contribution in [1.29, 1.82) is 0 Å². The molecule has 1 rings (SSSR count). The van der Waals surface area contributed by atoms with Crippen LogP contribution in [0.25, 0.3) is 0 Å². The second kappa shape index (κ2) is 7.32. The zero-order valence-corrected chi connectivity index (χ0v) is 12.6. The van der Waals surface area contributed by atoms with Crippen molar-refractivity contribution in [2.45, 2.75) is 19.9 Å². The van der Waals surface area contributed by atoms with Gasteiger partial charge in [-0.3, -0.25) is 9.78 Å². The Balaban J connectivity index is 2.57. The summed E-state index contributed by atoms with van der Waals surface area (Å²) in [6, 6.07) is 3.65. The van der Waals surface area contributed by atoms with Crippen molar-refractivity contribution in [2.24, 2.45) is 0 Å². The molecule has 20 heavy (non-hydrogen) atoms. The molecule has 1 aromatic heterocycles. The third-order valence-electron chi connectivity index (χ3n) is 2.81. The number of nitrogens with one attached hydrogen (secondary N) is 1. The molecule has 0 unspecified atom stereocenters. The smallest absolute Gasteiger partial charge is 0.306 e. The zero-order valence-electron chi connectivity index (χ0n) is 11.8. The van der Waals surface area contributed by atoms with Gasteiger partial charge in [0.25, 0.3) is 10.2 Å². The van der Waals surface area contributed by atoms with E-state index in [1.165, 1.54) is 14.2 Å². The van der Waals surface area contributed by atoms with Gasteiger partial charge < -0.3 is 4.74 Å². The molecule has 8 heteroatoms. The van der Waals surface area contributed by atoms with Gasteiger partial charge in [-0.05, 0) is 18.6 Å². The molecule has 7 nitrogen and oxygen atoms in total. The lowest BCUT2D eigenvalue weighted by Gasteiger charge is -2.17. The maximum absolute atomic E-state index is 12.0. The highest BCUT2D eigenvalue weighted by atomic mass is 32.2. The van der Waals surface area contributed by atoms with E-state index in [4.69, 9.17) is 0 Å². The molecule has 0 aliphatic heterocycles. The third kappa shape index (κ3) is 4.87. The number of nitrogens with zero attached hydrogens (tertiary/aromatic N) is 2. The van der Waals surface area contributed by atoms with Crippen LogP contribution >= 0.6 is 0 Å². The molecule has 0 aromatic carbocycles. The van der Waals surface area contributed by atoms with Crippen molar-refractivity contribution in [3.8, 4) is 0 Å². The summed E-state index contributed by atoms with van der Waals surface area (Å²) in [4.78, 5) is 15.1. The van der Waals surface area contributed by atoms with Crippen LogP contribution in [-0.2, 0) is 26.3 Å². The number of carbonyl (C=O) groups is 1. The number of rotatable bonds is 7. The molecule has 0 saturated carbocycles. The average Bonchev–Trinajstić information content (AvgIpc) is 2.43. The van der Waals surface area contributed by atoms with Gasteiger partial charge in [0.1, 0.15) is 0 Å². The first-order valence-corrected chi connectivity index (χ1v) is 7.49. The van der Waals surface area contributed by atoms with Crippen LogP contribution in [0.15, 0.2) is 18.3 Å². The number of ether oxygens (including phenoxy) is 1. The lowest BCUT2D eigenvalue weighted by atomic mass is 10.2. The molecule has 0 aliphatic carbocycles. The maximum atomic E-state index is 12.0. The molecular formula is C12H19N3O4S. The van der Waals surface area contributed by atoms with Crippen LogP contribution in [-0.4, -0.2) is 44.4 Å². The highest BCUT2D eigenvalue weighted by Gasteiger charge is 2.18. The number of aromatic nitrogens is 1. The number of pyridine rings is 1. The van der Waals surface area contributed by atoms with Crippen molar-refractivity contribution in [3.05, 3.63) is 29.6 Å². The number of hydrogen-bond acceptors (Lipinski definition) is 5. The number of aryl methyl sites for hydroxylation is 1. The van der Waals surface area contributed by atoms with Crippen LogP contribution < -0.4 is 4.72 Å².